The van der Waals surface area contributed by atoms with Crippen molar-refractivity contribution in [2.24, 2.45) is 0 Å². The lowest BCUT2D eigenvalue weighted by molar-refractivity contribution is -0.147. The molecule has 0 aliphatic rings. The minimum Gasteiger partial charge on any atom is -0.476 e. The van der Waals surface area contributed by atoms with Crippen LogP contribution in [0.5, 0.6) is 0 Å². The molecule has 33 heavy (non-hydrogen) atoms. The Morgan fingerprint density at radius 3 is 2.39 bits per heavy atom. The lowest BCUT2D eigenvalue weighted by atomic mass is 10.0. The number of nitrogens with one attached hydrogen (secondary N) is 1. The number of sulfonamides is 1. The molecule has 1 aromatic heterocycles. The van der Waals surface area contributed by atoms with Crippen molar-refractivity contribution in [3.63, 3.8) is 0 Å². The fraction of sp³-hybridized carbons (Fsp3) is 0.250. The van der Waals surface area contributed by atoms with Crippen LogP contribution < -0.4 is 4.72 Å². The van der Waals surface area contributed by atoms with Gasteiger partial charge in [0.15, 0.2) is 5.69 Å². The number of carbonyl (C=O) groups is 2. The van der Waals surface area contributed by atoms with Crippen molar-refractivity contribution in [1.82, 2.24) is 9.71 Å². The number of benzene rings is 2. The van der Waals surface area contributed by atoms with Gasteiger partial charge in [0, 0.05) is 10.9 Å². The van der Waals surface area contributed by atoms with Gasteiger partial charge in [0.25, 0.3) is 0 Å². The second-order valence-corrected chi connectivity index (χ2v) is 9.45. The van der Waals surface area contributed by atoms with Crippen LogP contribution in [0.2, 0.25) is 0 Å². The van der Waals surface area contributed by atoms with Gasteiger partial charge < -0.3 is 9.84 Å². The highest BCUT2D eigenvalue weighted by Crippen LogP contribution is 2.38. The Morgan fingerprint density at radius 1 is 1.18 bits per heavy atom. The molecule has 0 saturated carbocycles. The molecule has 0 spiro atoms. The van der Waals surface area contributed by atoms with Gasteiger partial charge in [-0.2, -0.15) is 17.9 Å². The topological polar surface area (TPSA) is 123 Å². The van der Waals surface area contributed by atoms with E-state index in [1.165, 1.54) is 24.3 Å². The molecule has 3 rings (SSSR count). The lowest BCUT2D eigenvalue weighted by Crippen LogP contribution is -2.43. The highest BCUT2D eigenvalue weighted by molar-refractivity contribution is 7.89. The second kappa shape index (κ2) is 9.08. The maximum Gasteiger partial charge on any atom is 0.404 e. The zero-order valence-electron chi connectivity index (χ0n) is 17.1. The molecule has 1 atom stereocenters. The molecule has 8 nitrogen and oxygen atoms in total. The molecule has 176 valence electrons. The molecule has 13 heteroatoms. The molecule has 3 aromatic rings. The quantitative estimate of drug-likeness (QED) is 0.467. The zero-order valence-corrected chi connectivity index (χ0v) is 18.8. The van der Waals surface area contributed by atoms with Crippen LogP contribution in [-0.4, -0.2) is 49.3 Å². The van der Waals surface area contributed by atoms with Gasteiger partial charge in [0.05, 0.1) is 16.4 Å². The number of aromatic carboxylic acids is 1. The third kappa shape index (κ3) is 4.99. The average Bonchev–Trinajstić information content (AvgIpc) is 3.18. The van der Waals surface area contributed by atoms with E-state index in [0.717, 1.165) is 17.4 Å². The minimum atomic E-state index is -4.79. The summed E-state index contributed by atoms with van der Waals surface area (Å²) in [6.07, 6.45) is -4.79. The minimum absolute atomic E-state index is 0.0506. The summed E-state index contributed by atoms with van der Waals surface area (Å²) >= 11 is 0.751. The number of fused-ring (bicyclic) bond motifs is 1. The molecular formula is C20H17F3N2O6S2. The Kier molecular flexibility index (Phi) is 6.77. The van der Waals surface area contributed by atoms with E-state index in [-0.39, 0.29) is 32.8 Å². The third-order valence-corrected chi connectivity index (χ3v) is 7.19. The number of carboxylic acid groups (broad SMARTS) is 1. The van der Waals surface area contributed by atoms with Gasteiger partial charge in [-0.05, 0) is 25.3 Å². The molecule has 1 unspecified atom stereocenters. The smallest absolute Gasteiger partial charge is 0.404 e. The zero-order chi connectivity index (χ0) is 24.6. The molecule has 0 aliphatic heterocycles. The first kappa shape index (κ1) is 24.6. The molecule has 2 N–H and O–H groups in total. The van der Waals surface area contributed by atoms with Crippen LogP contribution in [-0.2, 0) is 14.8 Å². The molecule has 0 amide bonds. The molecule has 0 aliphatic carbocycles. The number of rotatable bonds is 7. The first-order valence-corrected chi connectivity index (χ1v) is 11.7. The highest BCUT2D eigenvalue weighted by atomic mass is 32.2. The van der Waals surface area contributed by atoms with Crippen LogP contribution in [0.1, 0.15) is 34.1 Å². The number of carbonyl (C=O) groups excluding carboxylic acids is 1. The summed E-state index contributed by atoms with van der Waals surface area (Å²) < 4.78 is 70.6. The summed E-state index contributed by atoms with van der Waals surface area (Å²) in [7, 11) is -4.58. The number of hydrogen-bond donors (Lipinski definition) is 2. The number of halogens is 3. The van der Waals surface area contributed by atoms with Gasteiger partial charge in [-0.15, -0.1) is 11.3 Å². The SMILES string of the molecule is CCOC(=O)c1nc(C(=O)O)c(-c2ccc(S(=O)(=O)NC(C)C(F)(F)F)c3ccccc23)s1. The second-order valence-electron chi connectivity index (χ2n) is 6.76. The van der Waals surface area contributed by atoms with E-state index in [9.17, 15) is 36.3 Å². The van der Waals surface area contributed by atoms with Gasteiger partial charge in [-0.3, -0.25) is 0 Å². The predicted molar refractivity (Wildman–Crippen MR) is 114 cm³/mol. The number of ether oxygens (including phenoxy) is 1. The van der Waals surface area contributed by atoms with Gasteiger partial charge in [-0.1, -0.05) is 30.3 Å². The van der Waals surface area contributed by atoms with Gasteiger partial charge in [0.1, 0.15) is 6.04 Å². The molecule has 0 bridgehead atoms. The maximum atomic E-state index is 12.9. The Morgan fingerprint density at radius 2 is 1.82 bits per heavy atom. The van der Waals surface area contributed by atoms with Crippen LogP contribution in [0.15, 0.2) is 41.3 Å². The van der Waals surface area contributed by atoms with Crippen molar-refractivity contribution in [1.29, 1.82) is 0 Å². The number of nitrogens with zero attached hydrogens (tertiary/aromatic N) is 1. The number of hydrogen-bond acceptors (Lipinski definition) is 7. The fourth-order valence-corrected chi connectivity index (χ4v) is 5.43. The number of aromatic nitrogens is 1. The van der Waals surface area contributed by atoms with Crippen molar-refractivity contribution in [3.05, 3.63) is 47.1 Å². The summed E-state index contributed by atoms with van der Waals surface area (Å²) in [6, 6.07) is 5.96. The average molecular weight is 502 g/mol. The molecule has 2 aromatic carbocycles. The van der Waals surface area contributed by atoms with E-state index in [2.05, 4.69) is 4.98 Å². The Labute approximate surface area is 190 Å². The highest BCUT2D eigenvalue weighted by Gasteiger charge is 2.39. The summed E-state index contributed by atoms with van der Waals surface area (Å²) in [5, 5.41) is 9.68. The van der Waals surface area contributed by atoms with Gasteiger partial charge in [0.2, 0.25) is 15.0 Å². The van der Waals surface area contributed by atoms with Crippen LogP contribution in [0.4, 0.5) is 13.2 Å². The summed E-state index contributed by atoms with van der Waals surface area (Å²) in [5.74, 6) is -2.23. The summed E-state index contributed by atoms with van der Waals surface area (Å²) in [4.78, 5) is 27.3. The van der Waals surface area contributed by atoms with E-state index in [1.807, 2.05) is 0 Å². The number of alkyl halides is 3. The Hall–Kier alpha value is -3.03. The summed E-state index contributed by atoms with van der Waals surface area (Å²) in [6.45, 7) is 2.31. The van der Waals surface area contributed by atoms with Crippen molar-refractivity contribution in [2.75, 3.05) is 6.61 Å². The molecule has 0 fully saturated rings. The van der Waals surface area contributed by atoms with Crippen molar-refractivity contribution in [2.45, 2.75) is 31.0 Å². The number of thiazole rings is 1. The third-order valence-electron chi connectivity index (χ3n) is 4.52. The Bertz CT molecular complexity index is 1340. The first-order valence-electron chi connectivity index (χ1n) is 9.39. The fourth-order valence-electron chi connectivity index (χ4n) is 2.99. The van der Waals surface area contributed by atoms with Crippen LogP contribution in [0.25, 0.3) is 21.2 Å². The van der Waals surface area contributed by atoms with E-state index < -0.39 is 44.8 Å². The van der Waals surface area contributed by atoms with Gasteiger partial charge in [-0.25, -0.2) is 23.0 Å². The number of esters is 1. The Balaban J connectivity index is 2.20. The van der Waals surface area contributed by atoms with Crippen LogP contribution >= 0.6 is 11.3 Å². The maximum absolute atomic E-state index is 12.9. The molecular weight excluding hydrogens is 485 g/mol. The van der Waals surface area contributed by atoms with Crippen molar-refractivity contribution >= 4 is 44.1 Å². The molecule has 0 saturated heterocycles. The molecule has 1 heterocycles. The standard InChI is InChI=1S/C20H17F3N2O6S2/c1-3-31-19(28)17-24-15(18(26)27)16(32-17)13-8-9-14(12-7-5-4-6-11(12)13)33(29,30)25-10(2)20(21,22)23/h4-10,25H,3H2,1-2H3,(H,26,27). The van der Waals surface area contributed by atoms with Crippen molar-refractivity contribution < 1.29 is 41.0 Å². The summed E-state index contributed by atoms with van der Waals surface area (Å²) in [5.41, 5.74) is -0.188. The van der Waals surface area contributed by atoms with Crippen LogP contribution in [0, 0.1) is 0 Å². The van der Waals surface area contributed by atoms with E-state index in [0.29, 0.717) is 6.92 Å². The van der Waals surface area contributed by atoms with Gasteiger partial charge >= 0.3 is 18.1 Å². The van der Waals surface area contributed by atoms with Crippen LogP contribution in [0.3, 0.4) is 0 Å². The van der Waals surface area contributed by atoms with E-state index >= 15 is 0 Å². The first-order chi connectivity index (χ1) is 15.4. The monoisotopic (exact) mass is 502 g/mol. The largest absolute Gasteiger partial charge is 0.476 e. The number of carboxylic acids is 1. The van der Waals surface area contributed by atoms with E-state index in [4.69, 9.17) is 4.74 Å². The van der Waals surface area contributed by atoms with E-state index in [1.54, 1.807) is 17.7 Å². The molecule has 0 radical (unpaired) electrons. The van der Waals surface area contributed by atoms with Crippen molar-refractivity contribution in [3.8, 4) is 10.4 Å². The predicted octanol–water partition coefficient (Wildman–Crippen LogP) is 4.07. The normalized spacial score (nSPS) is 13.1. The lowest BCUT2D eigenvalue weighted by Gasteiger charge is -2.18.